The van der Waals surface area contributed by atoms with Gasteiger partial charge >= 0.3 is 0 Å². The zero-order valence-corrected chi connectivity index (χ0v) is 8.64. The second-order valence-corrected chi connectivity index (χ2v) is 4.60. The van der Waals surface area contributed by atoms with E-state index in [1.165, 1.54) is 45.1 Å². The van der Waals surface area contributed by atoms with Gasteiger partial charge in [0.1, 0.15) is 0 Å². The first-order valence-corrected chi connectivity index (χ1v) is 5.61. The van der Waals surface area contributed by atoms with Gasteiger partial charge in [-0.3, -0.25) is 0 Å². The molecule has 0 aromatic heterocycles. The summed E-state index contributed by atoms with van der Waals surface area (Å²) in [6, 6.07) is 0. The summed E-state index contributed by atoms with van der Waals surface area (Å²) >= 11 is 0. The maximum absolute atomic E-state index is 5.38. The summed E-state index contributed by atoms with van der Waals surface area (Å²) < 4.78 is 5.38. The van der Waals surface area contributed by atoms with Crippen molar-refractivity contribution in [2.75, 3.05) is 20.3 Å². The monoisotopic (exact) mass is 183 g/mol. The molecule has 2 nitrogen and oxygen atoms in total. The van der Waals surface area contributed by atoms with Crippen molar-refractivity contribution in [1.82, 2.24) is 5.32 Å². The normalized spacial score (nSPS) is 35.8. The van der Waals surface area contributed by atoms with Crippen LogP contribution in [0, 0.1) is 5.92 Å². The highest BCUT2D eigenvalue weighted by Crippen LogP contribution is 2.43. The van der Waals surface area contributed by atoms with Crippen LogP contribution in [-0.4, -0.2) is 25.8 Å². The number of rotatable bonds is 3. The van der Waals surface area contributed by atoms with Crippen molar-refractivity contribution in [2.24, 2.45) is 5.92 Å². The zero-order chi connectivity index (χ0) is 9.15. The maximum atomic E-state index is 5.38. The Balaban J connectivity index is 2.00. The van der Waals surface area contributed by atoms with E-state index in [1.54, 1.807) is 0 Å². The molecule has 1 saturated carbocycles. The summed E-state index contributed by atoms with van der Waals surface area (Å²) in [5.41, 5.74) is 0.352. The lowest BCUT2D eigenvalue weighted by molar-refractivity contribution is 0.0911. The van der Waals surface area contributed by atoms with Crippen molar-refractivity contribution in [2.45, 2.75) is 44.1 Å². The maximum Gasteiger partial charge on any atom is 0.0647 e. The van der Waals surface area contributed by atoms with Crippen molar-refractivity contribution in [3.63, 3.8) is 0 Å². The first-order chi connectivity index (χ1) is 6.37. The van der Waals surface area contributed by atoms with Gasteiger partial charge < -0.3 is 10.1 Å². The number of nitrogens with one attached hydrogen (secondary N) is 1. The van der Waals surface area contributed by atoms with E-state index in [2.05, 4.69) is 5.32 Å². The minimum Gasteiger partial charge on any atom is -0.383 e. The summed E-state index contributed by atoms with van der Waals surface area (Å²) in [7, 11) is 1.83. The van der Waals surface area contributed by atoms with Crippen LogP contribution in [0.1, 0.15) is 38.5 Å². The van der Waals surface area contributed by atoms with E-state index < -0.39 is 0 Å². The molecule has 1 aliphatic carbocycles. The Labute approximate surface area is 81.0 Å². The lowest BCUT2D eigenvalue weighted by atomic mass is 9.89. The number of ether oxygens (including phenoxy) is 1. The van der Waals surface area contributed by atoms with Crippen LogP contribution >= 0.6 is 0 Å². The molecular weight excluding hydrogens is 162 g/mol. The molecule has 0 aromatic rings. The molecule has 0 aromatic carbocycles. The van der Waals surface area contributed by atoms with E-state index in [0.717, 1.165) is 12.5 Å². The fourth-order valence-electron chi connectivity index (χ4n) is 2.65. The zero-order valence-electron chi connectivity index (χ0n) is 8.64. The van der Waals surface area contributed by atoms with Crippen LogP contribution in [-0.2, 0) is 4.74 Å². The van der Waals surface area contributed by atoms with Gasteiger partial charge in [0, 0.05) is 12.6 Å². The van der Waals surface area contributed by atoms with Crippen LogP contribution in [0.2, 0.25) is 0 Å². The average molecular weight is 183 g/mol. The highest BCUT2D eigenvalue weighted by molar-refractivity contribution is 5.01. The second kappa shape index (κ2) is 3.97. The van der Waals surface area contributed by atoms with Gasteiger partial charge in [0.2, 0.25) is 0 Å². The van der Waals surface area contributed by atoms with E-state index in [1.807, 2.05) is 7.11 Å². The molecule has 13 heavy (non-hydrogen) atoms. The third kappa shape index (κ3) is 2.05. The smallest absolute Gasteiger partial charge is 0.0647 e. The standard InChI is InChI=1S/C11H21NO/c1-13-9-11(10-5-6-10)7-3-2-4-8-12-11/h10,12H,2-9H2,1H3. The van der Waals surface area contributed by atoms with Crippen molar-refractivity contribution < 1.29 is 4.74 Å². The molecule has 2 aliphatic rings. The molecule has 2 fully saturated rings. The van der Waals surface area contributed by atoms with Crippen molar-refractivity contribution in [3.05, 3.63) is 0 Å². The molecular formula is C11H21NO. The molecule has 1 heterocycles. The van der Waals surface area contributed by atoms with E-state index in [4.69, 9.17) is 4.74 Å². The molecule has 1 unspecified atom stereocenters. The molecule has 0 amide bonds. The summed E-state index contributed by atoms with van der Waals surface area (Å²) in [6.45, 7) is 2.11. The molecule has 1 aliphatic heterocycles. The van der Waals surface area contributed by atoms with Crippen LogP contribution in [0.25, 0.3) is 0 Å². The van der Waals surface area contributed by atoms with Crippen LogP contribution in [0.3, 0.4) is 0 Å². The Kier molecular flexibility index (Phi) is 2.89. The Morgan fingerprint density at radius 1 is 1.31 bits per heavy atom. The Morgan fingerprint density at radius 3 is 2.85 bits per heavy atom. The molecule has 1 N–H and O–H groups in total. The molecule has 0 radical (unpaired) electrons. The molecule has 1 atom stereocenters. The summed E-state index contributed by atoms with van der Waals surface area (Å²) in [5, 5.41) is 3.73. The van der Waals surface area contributed by atoms with E-state index >= 15 is 0 Å². The first kappa shape index (κ1) is 9.47. The number of hydrogen-bond acceptors (Lipinski definition) is 2. The van der Waals surface area contributed by atoms with Crippen molar-refractivity contribution >= 4 is 0 Å². The van der Waals surface area contributed by atoms with Crippen LogP contribution in [0.5, 0.6) is 0 Å². The summed E-state index contributed by atoms with van der Waals surface area (Å²) in [4.78, 5) is 0. The van der Waals surface area contributed by atoms with Crippen LogP contribution in [0.4, 0.5) is 0 Å². The predicted molar refractivity (Wildman–Crippen MR) is 53.8 cm³/mol. The second-order valence-electron chi connectivity index (χ2n) is 4.60. The van der Waals surface area contributed by atoms with Gasteiger partial charge in [-0.2, -0.15) is 0 Å². The largest absolute Gasteiger partial charge is 0.383 e. The minimum atomic E-state index is 0.352. The first-order valence-electron chi connectivity index (χ1n) is 5.61. The number of hydrogen-bond donors (Lipinski definition) is 1. The van der Waals surface area contributed by atoms with Gasteiger partial charge in [0.15, 0.2) is 0 Å². The summed E-state index contributed by atoms with van der Waals surface area (Å²) in [5.74, 6) is 0.908. The molecule has 0 bridgehead atoms. The quantitative estimate of drug-likeness (QED) is 0.722. The fraction of sp³-hybridized carbons (Fsp3) is 1.00. The third-order valence-electron chi connectivity index (χ3n) is 3.54. The van der Waals surface area contributed by atoms with Gasteiger partial charge in [-0.25, -0.2) is 0 Å². The topological polar surface area (TPSA) is 21.3 Å². The number of methoxy groups -OCH3 is 1. The van der Waals surface area contributed by atoms with Crippen molar-refractivity contribution in [1.29, 1.82) is 0 Å². The molecule has 0 spiro atoms. The van der Waals surface area contributed by atoms with Crippen LogP contribution in [0.15, 0.2) is 0 Å². The fourth-order valence-corrected chi connectivity index (χ4v) is 2.65. The molecule has 2 rings (SSSR count). The van der Waals surface area contributed by atoms with E-state index in [0.29, 0.717) is 5.54 Å². The van der Waals surface area contributed by atoms with E-state index in [-0.39, 0.29) is 0 Å². The van der Waals surface area contributed by atoms with Gasteiger partial charge in [0.05, 0.1) is 6.61 Å². The lowest BCUT2D eigenvalue weighted by Gasteiger charge is -2.33. The Bertz CT molecular complexity index is 157. The minimum absolute atomic E-state index is 0.352. The third-order valence-corrected chi connectivity index (χ3v) is 3.54. The van der Waals surface area contributed by atoms with Gasteiger partial charge in [0.25, 0.3) is 0 Å². The van der Waals surface area contributed by atoms with Gasteiger partial charge in [-0.05, 0) is 38.1 Å². The van der Waals surface area contributed by atoms with Gasteiger partial charge in [-0.1, -0.05) is 12.8 Å². The average Bonchev–Trinajstić information content (AvgIpc) is 2.92. The summed E-state index contributed by atoms with van der Waals surface area (Å²) in [6.07, 6.45) is 8.27. The highest BCUT2D eigenvalue weighted by Gasteiger charge is 2.44. The SMILES string of the molecule is COCC1(C2CC2)CCCCCN1. The lowest BCUT2D eigenvalue weighted by Crippen LogP contribution is -2.50. The van der Waals surface area contributed by atoms with Crippen molar-refractivity contribution in [3.8, 4) is 0 Å². The molecule has 2 heteroatoms. The van der Waals surface area contributed by atoms with E-state index in [9.17, 15) is 0 Å². The molecule has 1 saturated heterocycles. The van der Waals surface area contributed by atoms with Crippen LogP contribution < -0.4 is 5.32 Å². The predicted octanol–water partition coefficient (Wildman–Crippen LogP) is 1.95. The molecule has 76 valence electrons. The Morgan fingerprint density at radius 2 is 2.15 bits per heavy atom. The Hall–Kier alpha value is -0.0800. The highest BCUT2D eigenvalue weighted by atomic mass is 16.5. The van der Waals surface area contributed by atoms with Gasteiger partial charge in [-0.15, -0.1) is 0 Å².